The van der Waals surface area contributed by atoms with Crippen LogP contribution < -0.4 is 5.73 Å². The summed E-state index contributed by atoms with van der Waals surface area (Å²) in [5, 5.41) is 0. The SMILES string of the molecule is CN(Cc1ccoc1)Cc1cccc(C#CCN)c1. The van der Waals surface area contributed by atoms with Crippen LogP contribution in [-0.2, 0) is 13.1 Å². The third-order valence-corrected chi connectivity index (χ3v) is 2.75. The molecule has 0 spiro atoms. The van der Waals surface area contributed by atoms with Gasteiger partial charge in [0.1, 0.15) is 0 Å². The fourth-order valence-corrected chi connectivity index (χ4v) is 1.96. The van der Waals surface area contributed by atoms with Gasteiger partial charge in [0.2, 0.25) is 0 Å². The zero-order valence-corrected chi connectivity index (χ0v) is 11.1. The first-order valence-electron chi connectivity index (χ1n) is 6.25. The summed E-state index contributed by atoms with van der Waals surface area (Å²) in [4.78, 5) is 2.24. The smallest absolute Gasteiger partial charge is 0.0947 e. The molecule has 2 rings (SSSR count). The van der Waals surface area contributed by atoms with Crippen molar-refractivity contribution in [3.05, 3.63) is 59.5 Å². The molecule has 3 heteroatoms. The summed E-state index contributed by atoms with van der Waals surface area (Å²) >= 11 is 0. The minimum atomic E-state index is 0.393. The van der Waals surface area contributed by atoms with Crippen LogP contribution >= 0.6 is 0 Å². The second-order valence-electron chi connectivity index (χ2n) is 4.51. The number of hydrogen-bond donors (Lipinski definition) is 1. The van der Waals surface area contributed by atoms with Crippen LogP contribution in [0.3, 0.4) is 0 Å². The van der Waals surface area contributed by atoms with Gasteiger partial charge in [-0.3, -0.25) is 4.90 Å². The van der Waals surface area contributed by atoms with E-state index in [1.54, 1.807) is 12.5 Å². The van der Waals surface area contributed by atoms with E-state index in [2.05, 4.69) is 35.9 Å². The van der Waals surface area contributed by atoms with Gasteiger partial charge < -0.3 is 10.2 Å². The zero-order chi connectivity index (χ0) is 13.5. The van der Waals surface area contributed by atoms with Crippen LogP contribution in [0.25, 0.3) is 0 Å². The summed E-state index contributed by atoms with van der Waals surface area (Å²) in [6.45, 7) is 2.14. The molecule has 0 aliphatic carbocycles. The molecule has 19 heavy (non-hydrogen) atoms. The Morgan fingerprint density at radius 1 is 1.21 bits per heavy atom. The van der Waals surface area contributed by atoms with E-state index in [1.807, 2.05) is 18.2 Å². The van der Waals surface area contributed by atoms with Gasteiger partial charge in [0.25, 0.3) is 0 Å². The molecular formula is C16H18N2O. The maximum absolute atomic E-state index is 5.38. The Labute approximate surface area is 114 Å². The van der Waals surface area contributed by atoms with Crippen LogP contribution in [-0.4, -0.2) is 18.5 Å². The number of nitrogens with two attached hydrogens (primary N) is 1. The number of benzene rings is 1. The molecule has 0 atom stereocenters. The zero-order valence-electron chi connectivity index (χ0n) is 11.1. The highest BCUT2D eigenvalue weighted by atomic mass is 16.3. The summed E-state index contributed by atoms with van der Waals surface area (Å²) in [5.41, 5.74) is 8.82. The van der Waals surface area contributed by atoms with Crippen LogP contribution in [0.4, 0.5) is 0 Å². The van der Waals surface area contributed by atoms with Gasteiger partial charge in [-0.2, -0.15) is 0 Å². The van der Waals surface area contributed by atoms with E-state index in [-0.39, 0.29) is 0 Å². The molecule has 0 amide bonds. The van der Waals surface area contributed by atoms with E-state index in [9.17, 15) is 0 Å². The Morgan fingerprint density at radius 2 is 2.05 bits per heavy atom. The van der Waals surface area contributed by atoms with E-state index >= 15 is 0 Å². The van der Waals surface area contributed by atoms with Crippen molar-refractivity contribution < 1.29 is 4.42 Å². The Balaban J connectivity index is 1.98. The topological polar surface area (TPSA) is 42.4 Å². The number of rotatable bonds is 4. The standard InChI is InChI=1S/C16H18N2O/c1-18(12-16-7-9-19-13-16)11-15-5-2-4-14(10-15)6-3-8-17/h2,4-5,7,9-10,13H,8,11-12,17H2,1H3. The van der Waals surface area contributed by atoms with Gasteiger partial charge in [0.15, 0.2) is 0 Å². The fraction of sp³-hybridized carbons (Fsp3) is 0.250. The largest absolute Gasteiger partial charge is 0.472 e. The Hall–Kier alpha value is -2.02. The van der Waals surface area contributed by atoms with Gasteiger partial charge >= 0.3 is 0 Å². The molecule has 98 valence electrons. The Morgan fingerprint density at radius 3 is 2.79 bits per heavy atom. The monoisotopic (exact) mass is 254 g/mol. The van der Waals surface area contributed by atoms with Gasteiger partial charge in [-0.05, 0) is 30.8 Å². The van der Waals surface area contributed by atoms with Crippen molar-refractivity contribution in [1.82, 2.24) is 4.90 Å². The molecule has 1 aromatic carbocycles. The Kier molecular flexibility index (Phi) is 4.79. The fourth-order valence-electron chi connectivity index (χ4n) is 1.96. The summed E-state index contributed by atoms with van der Waals surface area (Å²) in [7, 11) is 2.09. The average Bonchev–Trinajstić information content (AvgIpc) is 2.89. The third kappa shape index (κ3) is 4.29. The second-order valence-corrected chi connectivity index (χ2v) is 4.51. The van der Waals surface area contributed by atoms with Gasteiger partial charge in [-0.1, -0.05) is 24.0 Å². The highest BCUT2D eigenvalue weighted by molar-refractivity contribution is 5.37. The van der Waals surface area contributed by atoms with Crippen molar-refractivity contribution >= 4 is 0 Å². The summed E-state index contributed by atoms with van der Waals surface area (Å²) in [6, 6.07) is 10.2. The van der Waals surface area contributed by atoms with Gasteiger partial charge in [-0.15, -0.1) is 0 Å². The molecule has 0 bridgehead atoms. The van der Waals surface area contributed by atoms with Crippen LogP contribution in [0.2, 0.25) is 0 Å². The predicted molar refractivity (Wildman–Crippen MR) is 76.3 cm³/mol. The molecule has 2 N–H and O–H groups in total. The van der Waals surface area contributed by atoms with Crippen molar-refractivity contribution in [3.8, 4) is 11.8 Å². The predicted octanol–water partition coefficient (Wildman–Crippen LogP) is 2.22. The van der Waals surface area contributed by atoms with E-state index in [4.69, 9.17) is 10.2 Å². The van der Waals surface area contributed by atoms with Crippen LogP contribution in [0, 0.1) is 11.8 Å². The van der Waals surface area contributed by atoms with Crippen molar-refractivity contribution in [3.63, 3.8) is 0 Å². The normalized spacial score (nSPS) is 10.3. The molecule has 3 nitrogen and oxygen atoms in total. The van der Waals surface area contributed by atoms with Crippen LogP contribution in [0.5, 0.6) is 0 Å². The number of hydrogen-bond acceptors (Lipinski definition) is 3. The molecular weight excluding hydrogens is 236 g/mol. The highest BCUT2D eigenvalue weighted by Gasteiger charge is 2.03. The number of nitrogens with zero attached hydrogens (tertiary/aromatic N) is 1. The Bertz CT molecular complexity index is 564. The lowest BCUT2D eigenvalue weighted by Crippen LogP contribution is -2.16. The van der Waals surface area contributed by atoms with E-state index in [0.717, 1.165) is 18.7 Å². The van der Waals surface area contributed by atoms with E-state index < -0.39 is 0 Å². The third-order valence-electron chi connectivity index (χ3n) is 2.75. The van der Waals surface area contributed by atoms with Crippen molar-refractivity contribution in [2.24, 2.45) is 5.73 Å². The van der Waals surface area contributed by atoms with Crippen molar-refractivity contribution in [2.45, 2.75) is 13.1 Å². The quantitative estimate of drug-likeness (QED) is 0.851. The van der Waals surface area contributed by atoms with Gasteiger partial charge in [-0.25, -0.2) is 0 Å². The molecule has 0 saturated carbocycles. The molecule has 2 aromatic rings. The van der Waals surface area contributed by atoms with Gasteiger partial charge in [0, 0.05) is 24.2 Å². The van der Waals surface area contributed by atoms with Gasteiger partial charge in [0.05, 0.1) is 19.1 Å². The molecule has 1 heterocycles. The molecule has 0 radical (unpaired) electrons. The molecule has 0 aliphatic heterocycles. The lowest BCUT2D eigenvalue weighted by Gasteiger charge is -2.15. The first-order valence-corrected chi connectivity index (χ1v) is 6.25. The van der Waals surface area contributed by atoms with Crippen LogP contribution in [0.15, 0.2) is 47.3 Å². The second kappa shape index (κ2) is 6.79. The minimum Gasteiger partial charge on any atom is -0.472 e. The first-order chi connectivity index (χ1) is 9.28. The lowest BCUT2D eigenvalue weighted by atomic mass is 10.1. The molecule has 0 aliphatic rings. The summed E-state index contributed by atoms with van der Waals surface area (Å²) in [5.74, 6) is 5.93. The summed E-state index contributed by atoms with van der Waals surface area (Å²) in [6.07, 6.45) is 3.48. The lowest BCUT2D eigenvalue weighted by molar-refractivity contribution is 0.318. The minimum absolute atomic E-state index is 0.393. The van der Waals surface area contributed by atoms with Crippen LogP contribution in [0.1, 0.15) is 16.7 Å². The molecule has 1 aromatic heterocycles. The van der Waals surface area contributed by atoms with Crippen molar-refractivity contribution in [1.29, 1.82) is 0 Å². The van der Waals surface area contributed by atoms with E-state index in [0.29, 0.717) is 6.54 Å². The maximum atomic E-state index is 5.38. The number of furan rings is 1. The van der Waals surface area contributed by atoms with Crippen molar-refractivity contribution in [2.75, 3.05) is 13.6 Å². The maximum Gasteiger partial charge on any atom is 0.0947 e. The molecule has 0 saturated heterocycles. The van der Waals surface area contributed by atoms with E-state index in [1.165, 1.54) is 11.1 Å². The molecule has 0 fully saturated rings. The molecule has 0 unspecified atom stereocenters. The average molecular weight is 254 g/mol. The summed E-state index contributed by atoms with van der Waals surface area (Å²) < 4.78 is 5.07. The highest BCUT2D eigenvalue weighted by Crippen LogP contribution is 2.10. The first kappa shape index (κ1) is 13.4.